The van der Waals surface area contributed by atoms with Crippen LogP contribution in [0.25, 0.3) is 0 Å². The molecule has 0 fully saturated rings. The average Bonchev–Trinajstić information content (AvgIpc) is 2.78. The van der Waals surface area contributed by atoms with Gasteiger partial charge in [0.05, 0.1) is 4.90 Å². The molecule has 2 amide bonds. The van der Waals surface area contributed by atoms with Crippen LogP contribution in [-0.4, -0.2) is 24.8 Å². The molecular formula is C14H15N3O4S. The zero-order chi connectivity index (χ0) is 16.5. The van der Waals surface area contributed by atoms with Gasteiger partial charge in [-0.15, -0.1) is 0 Å². The summed E-state index contributed by atoms with van der Waals surface area (Å²) < 4.78 is 27.9. The molecule has 0 bridgehead atoms. The van der Waals surface area contributed by atoms with Crippen LogP contribution in [0, 0.1) is 6.92 Å². The van der Waals surface area contributed by atoms with Gasteiger partial charge in [0.25, 0.3) is 15.9 Å². The quantitative estimate of drug-likeness (QED) is 0.856. The van der Waals surface area contributed by atoms with Gasteiger partial charge in [-0.3, -0.25) is 9.59 Å². The Morgan fingerprint density at radius 2 is 1.68 bits per heavy atom. The molecule has 0 aliphatic heterocycles. The number of nitrogens with zero attached hydrogens (tertiary/aromatic N) is 1. The van der Waals surface area contributed by atoms with Crippen molar-refractivity contribution in [1.82, 2.24) is 9.29 Å². The molecule has 0 aliphatic rings. The molecule has 0 saturated carbocycles. The highest BCUT2D eigenvalue weighted by Gasteiger charge is 2.20. The molecule has 0 radical (unpaired) electrons. The number of primary amides is 1. The summed E-state index contributed by atoms with van der Waals surface area (Å²) in [6, 6.07) is 8.25. The number of carbonyl (C=O) groups excluding carboxylic acids is 2. The maximum atomic E-state index is 12.2. The largest absolute Gasteiger partial charge is 0.366 e. The van der Waals surface area contributed by atoms with Crippen LogP contribution in [0.3, 0.4) is 0 Å². The van der Waals surface area contributed by atoms with Crippen molar-refractivity contribution in [2.75, 3.05) is 0 Å². The van der Waals surface area contributed by atoms with E-state index in [4.69, 9.17) is 5.73 Å². The molecule has 0 spiro atoms. The molecule has 22 heavy (non-hydrogen) atoms. The number of aryl methyl sites for hydroxylation is 1. The van der Waals surface area contributed by atoms with Gasteiger partial charge in [-0.05, 0) is 43.3 Å². The number of amides is 2. The molecular weight excluding hydrogens is 306 g/mol. The molecule has 0 atom stereocenters. The number of benzene rings is 1. The summed E-state index contributed by atoms with van der Waals surface area (Å²) in [7, 11) is -2.36. The first-order chi connectivity index (χ1) is 10.2. The van der Waals surface area contributed by atoms with E-state index in [1.165, 1.54) is 30.3 Å². The summed E-state index contributed by atoms with van der Waals surface area (Å²) in [6.07, 6.45) is 0. The normalized spacial score (nSPS) is 11.2. The van der Waals surface area contributed by atoms with Crippen LogP contribution in [0.2, 0.25) is 0 Å². The van der Waals surface area contributed by atoms with Crippen molar-refractivity contribution in [3.05, 3.63) is 53.3 Å². The Morgan fingerprint density at radius 1 is 1.09 bits per heavy atom. The van der Waals surface area contributed by atoms with E-state index < -0.39 is 21.8 Å². The lowest BCUT2D eigenvalue weighted by molar-refractivity contribution is 0.0970. The summed E-state index contributed by atoms with van der Waals surface area (Å²) >= 11 is 0. The Balaban J connectivity index is 2.25. The summed E-state index contributed by atoms with van der Waals surface area (Å²) in [4.78, 5) is 22.9. The average molecular weight is 321 g/mol. The number of nitrogens with two attached hydrogens (primary N) is 1. The zero-order valence-corrected chi connectivity index (χ0v) is 12.8. The first-order valence-electron chi connectivity index (χ1n) is 6.31. The first-order valence-corrected chi connectivity index (χ1v) is 7.80. The zero-order valence-electron chi connectivity index (χ0n) is 12.0. The number of nitrogens with one attached hydrogen (secondary N) is 1. The molecule has 8 heteroatoms. The minimum atomic E-state index is -4.02. The van der Waals surface area contributed by atoms with Gasteiger partial charge in [-0.2, -0.15) is 0 Å². The number of carbonyl (C=O) groups is 2. The lowest BCUT2D eigenvalue weighted by atomic mass is 10.2. The number of aromatic nitrogens is 1. The van der Waals surface area contributed by atoms with Crippen LogP contribution in [0.5, 0.6) is 0 Å². The lowest BCUT2D eigenvalue weighted by Gasteiger charge is -2.08. The lowest BCUT2D eigenvalue weighted by Crippen LogP contribution is -2.32. The minimum Gasteiger partial charge on any atom is -0.366 e. The SMILES string of the molecule is Cc1ccc(C(=O)NS(=O)(=O)c2ccc(C(N)=O)cc2)n1C. The van der Waals surface area contributed by atoms with Gasteiger partial charge in [-0.1, -0.05) is 0 Å². The van der Waals surface area contributed by atoms with E-state index in [1.54, 1.807) is 24.6 Å². The summed E-state index contributed by atoms with van der Waals surface area (Å²) in [5.41, 5.74) is 6.33. The Kier molecular flexibility index (Phi) is 4.05. The van der Waals surface area contributed by atoms with Crippen molar-refractivity contribution in [2.24, 2.45) is 12.8 Å². The highest BCUT2D eigenvalue weighted by Crippen LogP contribution is 2.12. The van der Waals surface area contributed by atoms with Crippen molar-refractivity contribution in [1.29, 1.82) is 0 Å². The van der Waals surface area contributed by atoms with Crippen molar-refractivity contribution in [2.45, 2.75) is 11.8 Å². The van der Waals surface area contributed by atoms with Crippen molar-refractivity contribution in [3.8, 4) is 0 Å². The van der Waals surface area contributed by atoms with Gasteiger partial charge in [0.2, 0.25) is 5.91 Å². The number of hydrogen-bond donors (Lipinski definition) is 2. The van der Waals surface area contributed by atoms with Gasteiger partial charge in [0, 0.05) is 18.3 Å². The Labute approximate surface area is 127 Å². The maximum Gasteiger partial charge on any atom is 0.281 e. The van der Waals surface area contributed by atoms with Gasteiger partial charge in [0.15, 0.2) is 0 Å². The van der Waals surface area contributed by atoms with Gasteiger partial charge in [-0.25, -0.2) is 13.1 Å². The minimum absolute atomic E-state index is 0.128. The molecule has 0 unspecified atom stereocenters. The fraction of sp³-hybridized carbons (Fsp3) is 0.143. The molecule has 0 saturated heterocycles. The molecule has 1 heterocycles. The standard InChI is InChI=1S/C14H15N3O4S/c1-9-3-8-12(17(9)2)14(19)16-22(20,21)11-6-4-10(5-7-11)13(15)18/h3-8H,1-2H3,(H2,15,18)(H,16,19). The van der Waals surface area contributed by atoms with E-state index in [-0.39, 0.29) is 16.2 Å². The van der Waals surface area contributed by atoms with Crippen molar-refractivity contribution in [3.63, 3.8) is 0 Å². The van der Waals surface area contributed by atoms with Gasteiger partial charge in [0.1, 0.15) is 5.69 Å². The number of sulfonamides is 1. The molecule has 3 N–H and O–H groups in total. The fourth-order valence-corrected chi connectivity index (χ4v) is 2.83. The second kappa shape index (κ2) is 5.64. The Bertz CT molecular complexity index is 835. The molecule has 7 nitrogen and oxygen atoms in total. The molecule has 116 valence electrons. The maximum absolute atomic E-state index is 12.2. The third-order valence-corrected chi connectivity index (χ3v) is 4.63. The van der Waals surface area contributed by atoms with Crippen LogP contribution >= 0.6 is 0 Å². The summed E-state index contributed by atoms with van der Waals surface area (Å²) in [5.74, 6) is -1.39. The first kappa shape index (κ1) is 15.8. The number of rotatable bonds is 4. The second-order valence-electron chi connectivity index (χ2n) is 4.74. The van der Waals surface area contributed by atoms with Crippen LogP contribution in [0.1, 0.15) is 26.5 Å². The van der Waals surface area contributed by atoms with Gasteiger partial charge < -0.3 is 10.3 Å². The second-order valence-corrected chi connectivity index (χ2v) is 6.42. The third-order valence-electron chi connectivity index (χ3n) is 3.28. The fourth-order valence-electron chi connectivity index (χ4n) is 1.87. The molecule has 2 aromatic rings. The van der Waals surface area contributed by atoms with Crippen molar-refractivity contribution >= 4 is 21.8 Å². The smallest absolute Gasteiger partial charge is 0.281 e. The highest BCUT2D eigenvalue weighted by molar-refractivity contribution is 7.90. The molecule has 0 aliphatic carbocycles. The molecule has 2 rings (SSSR count). The monoisotopic (exact) mass is 321 g/mol. The Hall–Kier alpha value is -2.61. The van der Waals surface area contributed by atoms with Crippen LogP contribution < -0.4 is 10.5 Å². The van der Waals surface area contributed by atoms with Crippen LogP contribution in [0.4, 0.5) is 0 Å². The van der Waals surface area contributed by atoms with E-state index in [0.29, 0.717) is 0 Å². The summed E-state index contributed by atoms with van der Waals surface area (Å²) in [6.45, 7) is 1.80. The summed E-state index contributed by atoms with van der Waals surface area (Å²) in [5, 5.41) is 0. The number of hydrogen-bond acceptors (Lipinski definition) is 4. The van der Waals surface area contributed by atoms with E-state index in [2.05, 4.69) is 0 Å². The third kappa shape index (κ3) is 3.01. The Morgan fingerprint density at radius 3 is 2.14 bits per heavy atom. The van der Waals surface area contributed by atoms with Crippen molar-refractivity contribution < 1.29 is 18.0 Å². The van der Waals surface area contributed by atoms with E-state index in [1.807, 2.05) is 4.72 Å². The highest BCUT2D eigenvalue weighted by atomic mass is 32.2. The molecule has 1 aromatic heterocycles. The topological polar surface area (TPSA) is 111 Å². The van der Waals surface area contributed by atoms with E-state index in [0.717, 1.165) is 5.69 Å². The van der Waals surface area contributed by atoms with E-state index >= 15 is 0 Å². The van der Waals surface area contributed by atoms with Crippen LogP contribution in [-0.2, 0) is 17.1 Å². The predicted molar refractivity (Wildman–Crippen MR) is 79.8 cm³/mol. The molecule has 1 aromatic carbocycles. The predicted octanol–water partition coefficient (Wildman–Crippen LogP) is 0.551. The van der Waals surface area contributed by atoms with Crippen LogP contribution in [0.15, 0.2) is 41.3 Å². The van der Waals surface area contributed by atoms with Gasteiger partial charge >= 0.3 is 0 Å². The van der Waals surface area contributed by atoms with E-state index in [9.17, 15) is 18.0 Å².